The number of hydrogen-bond acceptors (Lipinski definition) is 8. The third-order valence-electron chi connectivity index (χ3n) is 6.08. The maximum Gasteiger partial charge on any atom is 0.407 e. The number of hydrogen-bond donors (Lipinski definition) is 2. The van der Waals surface area contributed by atoms with E-state index in [4.69, 9.17) is 18.9 Å². The van der Waals surface area contributed by atoms with Crippen LogP contribution in [0.25, 0.3) is 0 Å². The predicted molar refractivity (Wildman–Crippen MR) is 139 cm³/mol. The summed E-state index contributed by atoms with van der Waals surface area (Å²) in [6.45, 7) is 13.5. The van der Waals surface area contributed by atoms with Crippen molar-refractivity contribution in [2.75, 3.05) is 78.8 Å². The van der Waals surface area contributed by atoms with E-state index in [9.17, 15) is 9.59 Å². The zero-order valence-corrected chi connectivity index (χ0v) is 22.6. The molecule has 2 aliphatic heterocycles. The van der Waals surface area contributed by atoms with Crippen molar-refractivity contribution in [3.05, 3.63) is 0 Å². The molecule has 0 aromatic rings. The highest BCUT2D eigenvalue weighted by Crippen LogP contribution is 2.09. The van der Waals surface area contributed by atoms with Gasteiger partial charge in [-0.05, 0) is 25.7 Å². The first kappa shape index (κ1) is 30.6. The Hall–Kier alpha value is -1.62. The Balaban J connectivity index is 1.45. The van der Waals surface area contributed by atoms with Gasteiger partial charge in [0.2, 0.25) is 0 Å². The molecule has 10 nitrogen and oxygen atoms in total. The highest BCUT2D eigenvalue weighted by atomic mass is 16.6. The molecular weight excluding hydrogens is 464 g/mol. The molecule has 2 rings (SSSR count). The van der Waals surface area contributed by atoms with E-state index in [1.165, 1.54) is 0 Å². The van der Waals surface area contributed by atoms with Gasteiger partial charge in [-0.1, -0.05) is 39.5 Å². The molecule has 2 atom stereocenters. The van der Waals surface area contributed by atoms with Crippen molar-refractivity contribution in [3.8, 4) is 0 Å². The van der Waals surface area contributed by atoms with Crippen LogP contribution in [0.4, 0.5) is 9.59 Å². The van der Waals surface area contributed by atoms with Crippen molar-refractivity contribution in [2.45, 2.75) is 77.4 Å². The van der Waals surface area contributed by atoms with Crippen LogP contribution in [0.15, 0.2) is 0 Å². The number of nitrogens with one attached hydrogen (secondary N) is 2. The van der Waals surface area contributed by atoms with Gasteiger partial charge in [0.05, 0.1) is 13.2 Å². The van der Waals surface area contributed by atoms with Crippen molar-refractivity contribution in [2.24, 2.45) is 0 Å². The zero-order valence-electron chi connectivity index (χ0n) is 22.6. The van der Waals surface area contributed by atoms with E-state index < -0.39 is 0 Å². The maximum absolute atomic E-state index is 12.1. The Labute approximate surface area is 217 Å². The summed E-state index contributed by atoms with van der Waals surface area (Å²) in [5.74, 6) is 0. The molecule has 2 N–H and O–H groups in total. The van der Waals surface area contributed by atoms with E-state index in [1.54, 1.807) is 0 Å². The summed E-state index contributed by atoms with van der Waals surface area (Å²) in [6.07, 6.45) is 6.71. The molecule has 0 aliphatic carbocycles. The Morgan fingerprint density at radius 1 is 0.667 bits per heavy atom. The summed E-state index contributed by atoms with van der Waals surface area (Å²) >= 11 is 0. The van der Waals surface area contributed by atoms with Crippen LogP contribution in [0.5, 0.6) is 0 Å². The van der Waals surface area contributed by atoms with Gasteiger partial charge in [-0.3, -0.25) is 9.80 Å². The third-order valence-corrected chi connectivity index (χ3v) is 6.08. The first-order valence-corrected chi connectivity index (χ1v) is 14.1. The number of amides is 2. The molecule has 2 amide bonds. The smallest absolute Gasteiger partial charge is 0.407 e. The number of carbonyl (C=O) groups excluding carboxylic acids is 2. The van der Waals surface area contributed by atoms with E-state index in [-0.39, 0.29) is 24.4 Å². The average Bonchev–Trinajstić information content (AvgIpc) is 3.78. The van der Waals surface area contributed by atoms with Gasteiger partial charge in [0, 0.05) is 65.6 Å². The van der Waals surface area contributed by atoms with Crippen LogP contribution in [-0.4, -0.2) is 113 Å². The first-order valence-electron chi connectivity index (χ1n) is 14.1. The number of ether oxygens (including phenoxy) is 4. The molecule has 210 valence electrons. The van der Waals surface area contributed by atoms with Crippen molar-refractivity contribution >= 4 is 12.2 Å². The largest absolute Gasteiger partial charge is 0.442 e. The zero-order chi connectivity index (χ0) is 25.8. The molecule has 0 bridgehead atoms. The monoisotopic (exact) mass is 514 g/mol. The van der Waals surface area contributed by atoms with Crippen LogP contribution in [0.1, 0.15) is 65.2 Å². The number of rotatable bonds is 23. The van der Waals surface area contributed by atoms with Crippen LogP contribution in [0, 0.1) is 0 Å². The molecule has 2 fully saturated rings. The van der Waals surface area contributed by atoms with Gasteiger partial charge < -0.3 is 29.6 Å². The first-order chi connectivity index (χ1) is 17.6. The SMILES string of the molecule is CCCCOCC(CN1CC1)OC(=O)NCCCCCCNC(=O)OC(COCCCC)CN1CC1. The third kappa shape index (κ3) is 16.9. The average molecular weight is 515 g/mol. The van der Waals surface area contributed by atoms with E-state index in [0.717, 1.165) is 90.6 Å². The molecular formula is C26H50N4O6. The summed E-state index contributed by atoms with van der Waals surface area (Å²) < 4.78 is 22.4. The molecule has 10 heteroatoms. The molecule has 0 aromatic heterocycles. The summed E-state index contributed by atoms with van der Waals surface area (Å²) in [7, 11) is 0. The normalized spacial score (nSPS) is 16.8. The van der Waals surface area contributed by atoms with Gasteiger partial charge in [0.1, 0.15) is 12.2 Å². The standard InChI is InChI=1S/C26H50N4O6/c1-3-5-17-33-21-23(19-29-13-14-29)35-25(31)27-11-9-7-8-10-12-28-26(32)36-24(20-30-15-16-30)22-34-18-6-4-2/h23-24H,3-22H2,1-2H3,(H,27,31)(H,28,32). The summed E-state index contributed by atoms with van der Waals surface area (Å²) in [6, 6.07) is 0. The van der Waals surface area contributed by atoms with Crippen molar-refractivity contribution in [3.63, 3.8) is 0 Å². The minimum Gasteiger partial charge on any atom is -0.442 e. The topological polar surface area (TPSA) is 101 Å². The van der Waals surface area contributed by atoms with E-state index in [0.29, 0.717) is 39.5 Å². The molecule has 2 heterocycles. The lowest BCUT2D eigenvalue weighted by Gasteiger charge is -2.19. The van der Waals surface area contributed by atoms with E-state index in [1.807, 2.05) is 0 Å². The number of alkyl carbamates (subject to hydrolysis) is 2. The van der Waals surface area contributed by atoms with Crippen LogP contribution >= 0.6 is 0 Å². The van der Waals surface area contributed by atoms with Gasteiger partial charge in [0.25, 0.3) is 0 Å². The predicted octanol–water partition coefficient (Wildman–Crippen LogP) is 3.00. The second kappa shape index (κ2) is 19.5. The van der Waals surface area contributed by atoms with E-state index >= 15 is 0 Å². The molecule has 0 spiro atoms. The highest BCUT2D eigenvalue weighted by Gasteiger charge is 2.25. The van der Waals surface area contributed by atoms with Crippen molar-refractivity contribution in [1.82, 2.24) is 20.4 Å². The summed E-state index contributed by atoms with van der Waals surface area (Å²) in [5.41, 5.74) is 0. The fourth-order valence-corrected chi connectivity index (χ4v) is 3.62. The van der Waals surface area contributed by atoms with Gasteiger partial charge in [-0.2, -0.15) is 0 Å². The van der Waals surface area contributed by atoms with E-state index in [2.05, 4.69) is 34.3 Å². The van der Waals surface area contributed by atoms with Crippen LogP contribution in [0.3, 0.4) is 0 Å². The minimum atomic E-state index is -0.374. The summed E-state index contributed by atoms with van der Waals surface area (Å²) in [4.78, 5) is 28.7. The highest BCUT2D eigenvalue weighted by molar-refractivity contribution is 5.67. The fraction of sp³-hybridized carbons (Fsp3) is 0.923. The lowest BCUT2D eigenvalue weighted by atomic mass is 10.2. The van der Waals surface area contributed by atoms with Crippen LogP contribution in [0.2, 0.25) is 0 Å². The quantitative estimate of drug-likeness (QED) is 0.159. The maximum atomic E-state index is 12.1. The lowest BCUT2D eigenvalue weighted by Crippen LogP contribution is -2.36. The molecule has 2 saturated heterocycles. The van der Waals surface area contributed by atoms with Crippen molar-refractivity contribution in [1.29, 1.82) is 0 Å². The second-order valence-corrected chi connectivity index (χ2v) is 9.78. The molecule has 0 radical (unpaired) electrons. The van der Waals surface area contributed by atoms with Gasteiger partial charge in [-0.15, -0.1) is 0 Å². The molecule has 2 unspecified atom stereocenters. The molecule has 2 aliphatic rings. The van der Waals surface area contributed by atoms with Crippen LogP contribution in [-0.2, 0) is 18.9 Å². The number of nitrogens with zero attached hydrogens (tertiary/aromatic N) is 2. The van der Waals surface area contributed by atoms with Crippen LogP contribution < -0.4 is 10.6 Å². The molecule has 0 aromatic carbocycles. The minimum absolute atomic E-state index is 0.223. The number of unbranched alkanes of at least 4 members (excludes halogenated alkanes) is 5. The van der Waals surface area contributed by atoms with Gasteiger partial charge >= 0.3 is 12.2 Å². The van der Waals surface area contributed by atoms with Gasteiger partial charge in [0.15, 0.2) is 0 Å². The Kier molecular flexibility index (Phi) is 16.6. The number of carbonyl (C=O) groups is 2. The lowest BCUT2D eigenvalue weighted by molar-refractivity contribution is 0.0131. The molecule has 36 heavy (non-hydrogen) atoms. The second-order valence-electron chi connectivity index (χ2n) is 9.78. The Morgan fingerprint density at radius 3 is 1.44 bits per heavy atom. The van der Waals surface area contributed by atoms with Gasteiger partial charge in [-0.25, -0.2) is 9.59 Å². The Morgan fingerprint density at radius 2 is 1.08 bits per heavy atom. The Bertz CT molecular complexity index is 539. The fourth-order valence-electron chi connectivity index (χ4n) is 3.62. The molecule has 0 saturated carbocycles. The van der Waals surface area contributed by atoms with Crippen molar-refractivity contribution < 1.29 is 28.5 Å². The summed E-state index contributed by atoms with van der Waals surface area (Å²) in [5, 5.41) is 5.69.